The van der Waals surface area contributed by atoms with Crippen LogP contribution >= 0.6 is 11.6 Å². The molecule has 2 unspecified atom stereocenters. The van der Waals surface area contributed by atoms with Gasteiger partial charge in [-0.25, -0.2) is 4.79 Å². The number of carbonyl (C=O) groups is 3. The molecule has 0 aliphatic heterocycles. The number of nitrogens with one attached hydrogen (secondary N) is 2. The van der Waals surface area contributed by atoms with Gasteiger partial charge < -0.3 is 25.4 Å². The zero-order chi connectivity index (χ0) is 32.4. The molecule has 3 amide bonds. The number of anilines is 1. The van der Waals surface area contributed by atoms with E-state index in [0.29, 0.717) is 28.3 Å². The lowest BCUT2D eigenvalue weighted by molar-refractivity contribution is -0.140. The van der Waals surface area contributed by atoms with E-state index in [1.807, 2.05) is 57.2 Å². The molecule has 3 aromatic rings. The highest BCUT2D eigenvalue weighted by atomic mass is 35.5. The summed E-state index contributed by atoms with van der Waals surface area (Å²) in [6.45, 7) is 11.4. The quantitative estimate of drug-likeness (QED) is 0.196. The number of benzene rings is 3. The molecule has 0 heterocycles. The van der Waals surface area contributed by atoms with E-state index >= 15 is 0 Å². The van der Waals surface area contributed by atoms with Gasteiger partial charge in [-0.1, -0.05) is 80.4 Å². The molecule has 0 bridgehead atoms. The number of phenols is 1. The Morgan fingerprint density at radius 2 is 1.59 bits per heavy atom. The number of aryl methyl sites for hydroxylation is 2. The normalized spacial score (nSPS) is 12.6. The fourth-order valence-electron chi connectivity index (χ4n) is 4.80. The van der Waals surface area contributed by atoms with Crippen molar-refractivity contribution in [3.05, 3.63) is 94.0 Å². The van der Waals surface area contributed by atoms with Crippen molar-refractivity contribution in [1.82, 2.24) is 10.2 Å². The number of hydrogen-bond acceptors (Lipinski definition) is 5. The van der Waals surface area contributed by atoms with Gasteiger partial charge in [0.1, 0.15) is 23.4 Å². The Morgan fingerprint density at radius 1 is 0.955 bits per heavy atom. The minimum absolute atomic E-state index is 0.0865. The number of unbranched alkanes of at least 4 members (excludes halogenated alkanes) is 1. The summed E-state index contributed by atoms with van der Waals surface area (Å²) in [4.78, 5) is 43.3. The SMILES string of the molecule is CCCCN(C(=O)C(Cc1ccc(O)cc1)NC(=O)OC(C)(C)C)C(C(=O)Nc1c(C)cccc1Cl)c1ccc(CC)cc1. The maximum absolute atomic E-state index is 14.6. The van der Waals surface area contributed by atoms with Gasteiger partial charge in [-0.2, -0.15) is 0 Å². The van der Waals surface area contributed by atoms with E-state index in [9.17, 15) is 19.5 Å². The predicted octanol–water partition coefficient (Wildman–Crippen LogP) is 7.36. The monoisotopic (exact) mass is 621 g/mol. The van der Waals surface area contributed by atoms with E-state index < -0.39 is 35.6 Å². The van der Waals surface area contributed by atoms with Crippen LogP contribution in [0.15, 0.2) is 66.7 Å². The number of para-hydroxylation sites is 1. The molecule has 236 valence electrons. The fraction of sp³-hybridized carbons (Fsp3) is 0.400. The van der Waals surface area contributed by atoms with Gasteiger partial charge in [0, 0.05) is 13.0 Å². The third kappa shape index (κ3) is 9.74. The second-order valence-electron chi connectivity index (χ2n) is 11.9. The third-order valence-corrected chi connectivity index (χ3v) is 7.45. The highest BCUT2D eigenvalue weighted by Gasteiger charge is 2.36. The largest absolute Gasteiger partial charge is 0.508 e. The first-order valence-electron chi connectivity index (χ1n) is 15.1. The van der Waals surface area contributed by atoms with Crippen LogP contribution in [0.5, 0.6) is 5.75 Å². The number of carbonyl (C=O) groups excluding carboxylic acids is 3. The average Bonchev–Trinajstić information content (AvgIpc) is 2.96. The van der Waals surface area contributed by atoms with Crippen molar-refractivity contribution in [2.45, 2.75) is 84.9 Å². The van der Waals surface area contributed by atoms with E-state index in [4.69, 9.17) is 16.3 Å². The van der Waals surface area contributed by atoms with Crippen molar-refractivity contribution in [3.8, 4) is 5.75 Å². The summed E-state index contributed by atoms with van der Waals surface area (Å²) >= 11 is 6.48. The molecule has 0 radical (unpaired) electrons. The van der Waals surface area contributed by atoms with Gasteiger partial charge in [0.25, 0.3) is 5.91 Å². The molecule has 0 aliphatic rings. The Bertz CT molecular complexity index is 1400. The van der Waals surface area contributed by atoms with Gasteiger partial charge in [-0.15, -0.1) is 0 Å². The molecule has 0 aromatic heterocycles. The molecular weight excluding hydrogens is 578 g/mol. The second kappa shape index (κ2) is 15.6. The summed E-state index contributed by atoms with van der Waals surface area (Å²) in [5.41, 5.74) is 2.92. The first kappa shape index (κ1) is 34.5. The van der Waals surface area contributed by atoms with Gasteiger partial charge in [0.2, 0.25) is 5.91 Å². The van der Waals surface area contributed by atoms with E-state index in [-0.39, 0.29) is 18.7 Å². The predicted molar refractivity (Wildman–Crippen MR) is 175 cm³/mol. The maximum atomic E-state index is 14.6. The van der Waals surface area contributed by atoms with Crippen LogP contribution in [0.1, 0.15) is 75.8 Å². The van der Waals surface area contributed by atoms with Gasteiger partial charge in [0.05, 0.1) is 10.7 Å². The highest BCUT2D eigenvalue weighted by molar-refractivity contribution is 6.34. The number of amides is 3. The molecule has 0 fully saturated rings. The molecule has 9 heteroatoms. The van der Waals surface area contributed by atoms with Gasteiger partial charge in [-0.05, 0) is 81.0 Å². The Morgan fingerprint density at radius 3 is 2.16 bits per heavy atom. The molecule has 3 rings (SSSR count). The molecule has 3 aromatic carbocycles. The van der Waals surface area contributed by atoms with Gasteiger partial charge in [0.15, 0.2) is 0 Å². The summed E-state index contributed by atoms with van der Waals surface area (Å²) in [7, 11) is 0. The third-order valence-electron chi connectivity index (χ3n) is 7.13. The van der Waals surface area contributed by atoms with Gasteiger partial charge in [-0.3, -0.25) is 9.59 Å². The molecule has 0 spiro atoms. The van der Waals surface area contributed by atoms with Crippen LogP contribution in [0.4, 0.5) is 10.5 Å². The Balaban J connectivity index is 2.09. The summed E-state index contributed by atoms with van der Waals surface area (Å²) in [6, 6.07) is 17.4. The maximum Gasteiger partial charge on any atom is 0.408 e. The van der Waals surface area contributed by atoms with Crippen molar-refractivity contribution >= 4 is 35.2 Å². The first-order valence-corrected chi connectivity index (χ1v) is 15.4. The summed E-state index contributed by atoms with van der Waals surface area (Å²) in [6.07, 6.45) is 1.60. The molecule has 8 nitrogen and oxygen atoms in total. The van der Waals surface area contributed by atoms with Crippen LogP contribution in [0.2, 0.25) is 5.02 Å². The Hall–Kier alpha value is -4.04. The lowest BCUT2D eigenvalue weighted by Gasteiger charge is -2.35. The van der Waals surface area contributed by atoms with E-state index in [2.05, 4.69) is 10.6 Å². The minimum Gasteiger partial charge on any atom is -0.508 e. The summed E-state index contributed by atoms with van der Waals surface area (Å²) in [5, 5.41) is 15.9. The minimum atomic E-state index is -1.06. The standard InChI is InChI=1S/C35H44ClN3O5/c1-7-9-21-39(33(42)29(37-34(43)44-35(4,5)6)22-25-15-19-27(40)20-16-25)31(26-17-13-24(8-2)14-18-26)32(41)38-30-23(3)11-10-12-28(30)36/h10-20,29,31,40H,7-9,21-22H2,1-6H3,(H,37,43)(H,38,41). The topological polar surface area (TPSA) is 108 Å². The highest BCUT2D eigenvalue weighted by Crippen LogP contribution is 2.30. The van der Waals surface area contributed by atoms with Crippen LogP contribution in [0.25, 0.3) is 0 Å². The lowest BCUT2D eigenvalue weighted by atomic mass is 9.98. The fourth-order valence-corrected chi connectivity index (χ4v) is 5.07. The molecule has 44 heavy (non-hydrogen) atoms. The number of halogens is 1. The average molecular weight is 622 g/mol. The smallest absolute Gasteiger partial charge is 0.408 e. The summed E-state index contributed by atoms with van der Waals surface area (Å²) in [5.74, 6) is -0.771. The van der Waals surface area contributed by atoms with Gasteiger partial charge >= 0.3 is 6.09 Å². The molecule has 0 saturated heterocycles. The number of phenolic OH excluding ortho intramolecular Hbond substituents is 1. The molecule has 2 atom stereocenters. The zero-order valence-corrected chi connectivity index (χ0v) is 27.2. The van der Waals surface area contributed by atoms with Crippen molar-refractivity contribution in [2.75, 3.05) is 11.9 Å². The second-order valence-corrected chi connectivity index (χ2v) is 12.3. The molecule has 0 saturated carbocycles. The van der Waals surface area contributed by atoms with E-state index in [0.717, 1.165) is 24.0 Å². The van der Waals surface area contributed by atoms with Crippen LogP contribution in [-0.4, -0.2) is 46.1 Å². The van der Waals surface area contributed by atoms with Crippen LogP contribution < -0.4 is 10.6 Å². The zero-order valence-electron chi connectivity index (χ0n) is 26.4. The van der Waals surface area contributed by atoms with Crippen molar-refractivity contribution < 1.29 is 24.2 Å². The Labute approximate surface area is 265 Å². The molecular formula is C35H44ClN3O5. The van der Waals surface area contributed by atoms with Crippen molar-refractivity contribution in [3.63, 3.8) is 0 Å². The van der Waals surface area contributed by atoms with Crippen molar-refractivity contribution in [1.29, 1.82) is 0 Å². The number of ether oxygens (including phenoxy) is 1. The number of aromatic hydroxyl groups is 1. The number of rotatable bonds is 12. The van der Waals surface area contributed by atoms with E-state index in [1.54, 1.807) is 39.0 Å². The number of alkyl carbamates (subject to hydrolysis) is 1. The number of nitrogens with zero attached hydrogens (tertiary/aromatic N) is 1. The van der Waals surface area contributed by atoms with E-state index in [1.165, 1.54) is 17.0 Å². The van der Waals surface area contributed by atoms with Crippen molar-refractivity contribution in [2.24, 2.45) is 0 Å². The van der Waals surface area contributed by atoms with Crippen LogP contribution in [-0.2, 0) is 27.2 Å². The number of hydrogen-bond donors (Lipinski definition) is 3. The van der Waals surface area contributed by atoms with Crippen LogP contribution in [0.3, 0.4) is 0 Å². The van der Waals surface area contributed by atoms with Crippen LogP contribution in [0, 0.1) is 6.92 Å². The lowest BCUT2D eigenvalue weighted by Crippen LogP contribution is -2.53. The first-order chi connectivity index (χ1) is 20.8. The molecule has 3 N–H and O–H groups in total. The molecule has 0 aliphatic carbocycles. The Kier molecular flexibility index (Phi) is 12.2. The summed E-state index contributed by atoms with van der Waals surface area (Å²) < 4.78 is 5.50.